The van der Waals surface area contributed by atoms with E-state index in [9.17, 15) is 9.90 Å². The van der Waals surface area contributed by atoms with Crippen LogP contribution >= 0.6 is 0 Å². The van der Waals surface area contributed by atoms with Crippen molar-refractivity contribution in [1.29, 1.82) is 0 Å². The van der Waals surface area contributed by atoms with E-state index in [2.05, 4.69) is 24.3 Å². The van der Waals surface area contributed by atoms with E-state index in [0.29, 0.717) is 0 Å². The average Bonchev–Trinajstić information content (AvgIpc) is 3.04. The van der Waals surface area contributed by atoms with Crippen LogP contribution in [0.5, 0.6) is 0 Å². The second-order valence-electron chi connectivity index (χ2n) is 7.77. The number of hydrogen-bond donors (Lipinski definition) is 1. The molecule has 1 atom stereocenters. The lowest BCUT2D eigenvalue weighted by atomic mass is 9.86. The Kier molecular flexibility index (Phi) is 4.70. The lowest BCUT2D eigenvalue weighted by Crippen LogP contribution is -2.28. The Hall–Kier alpha value is -2.13. The van der Waals surface area contributed by atoms with Crippen molar-refractivity contribution in [2.45, 2.75) is 58.7 Å². The molecule has 0 saturated carbocycles. The molecule has 0 amide bonds. The third-order valence-corrected chi connectivity index (χ3v) is 4.62. The Morgan fingerprint density at radius 1 is 1.24 bits per heavy atom. The number of carboxylic acids is 1. The molecule has 0 heterocycles. The Bertz CT molecular complexity index is 840. The van der Waals surface area contributed by atoms with Gasteiger partial charge in [0.25, 0.3) is 0 Å². The van der Waals surface area contributed by atoms with Crippen molar-refractivity contribution in [2.24, 2.45) is 0 Å². The van der Waals surface area contributed by atoms with Crippen LogP contribution in [0.15, 0.2) is 36.4 Å². The lowest BCUT2D eigenvalue weighted by molar-refractivity contribution is -0.160. The topological polar surface area (TPSA) is 46.5 Å². The quantitative estimate of drug-likeness (QED) is 0.783. The molecule has 25 heavy (non-hydrogen) atoms. The van der Waals surface area contributed by atoms with Gasteiger partial charge in [-0.2, -0.15) is 0 Å². The first-order valence-electron chi connectivity index (χ1n) is 8.90. The Labute approximate surface area is 149 Å². The largest absolute Gasteiger partial charge is 0.479 e. The molecule has 2 aromatic rings. The molecule has 132 valence electrons. The maximum absolute atomic E-state index is 12.1. The van der Waals surface area contributed by atoms with E-state index in [1.807, 2.05) is 39.8 Å². The fourth-order valence-electron chi connectivity index (χ4n) is 3.67. The number of aliphatic carboxylic acids is 1. The first-order valence-corrected chi connectivity index (χ1v) is 8.90. The molecular formula is C22H26O3. The van der Waals surface area contributed by atoms with E-state index in [1.165, 1.54) is 5.57 Å². The molecule has 1 N–H and O–H groups in total. The minimum Gasteiger partial charge on any atom is -0.479 e. The highest BCUT2D eigenvalue weighted by Gasteiger charge is 2.32. The Morgan fingerprint density at radius 3 is 2.56 bits per heavy atom. The van der Waals surface area contributed by atoms with Gasteiger partial charge in [0.1, 0.15) is 0 Å². The molecule has 0 spiro atoms. The van der Waals surface area contributed by atoms with Gasteiger partial charge in [-0.25, -0.2) is 4.79 Å². The highest BCUT2D eigenvalue weighted by atomic mass is 16.5. The predicted molar refractivity (Wildman–Crippen MR) is 102 cm³/mol. The summed E-state index contributed by atoms with van der Waals surface area (Å²) in [5.74, 6) is -0.937. The molecule has 0 aromatic heterocycles. The maximum atomic E-state index is 12.1. The normalized spacial score (nSPS) is 16.1. The van der Waals surface area contributed by atoms with Gasteiger partial charge in [-0.1, -0.05) is 36.4 Å². The fraction of sp³-hybridized carbons (Fsp3) is 0.409. The summed E-state index contributed by atoms with van der Waals surface area (Å²) < 4.78 is 5.99. The SMILES string of the molecule is Cc1cc2ccccc2c(C2=CCCC2)c1[C@H](OC(C)(C)C)C(=O)O. The van der Waals surface area contributed by atoms with E-state index in [1.54, 1.807) is 0 Å². The Balaban J connectivity index is 2.30. The number of benzene rings is 2. The molecule has 3 heteroatoms. The van der Waals surface area contributed by atoms with Crippen molar-refractivity contribution < 1.29 is 14.6 Å². The Morgan fingerprint density at radius 2 is 1.96 bits per heavy atom. The van der Waals surface area contributed by atoms with Crippen molar-refractivity contribution in [2.75, 3.05) is 0 Å². The summed E-state index contributed by atoms with van der Waals surface area (Å²) in [5.41, 5.74) is 3.54. The van der Waals surface area contributed by atoms with Crippen LogP contribution in [-0.2, 0) is 9.53 Å². The smallest absolute Gasteiger partial charge is 0.337 e. The molecule has 0 bridgehead atoms. The van der Waals surface area contributed by atoms with Gasteiger partial charge in [0.05, 0.1) is 5.60 Å². The number of allylic oxidation sites excluding steroid dienone is 2. The van der Waals surface area contributed by atoms with Gasteiger partial charge in [0, 0.05) is 5.56 Å². The first-order chi connectivity index (χ1) is 11.8. The number of carboxylic acid groups (broad SMARTS) is 1. The summed E-state index contributed by atoms with van der Waals surface area (Å²) in [6.45, 7) is 7.68. The zero-order chi connectivity index (χ0) is 18.2. The number of ether oxygens (including phenoxy) is 1. The van der Waals surface area contributed by atoms with E-state index < -0.39 is 17.7 Å². The van der Waals surface area contributed by atoms with Gasteiger partial charge in [0.15, 0.2) is 6.10 Å². The molecule has 0 radical (unpaired) electrons. The summed E-state index contributed by atoms with van der Waals surface area (Å²) in [5, 5.41) is 12.2. The number of carbonyl (C=O) groups is 1. The number of hydrogen-bond acceptors (Lipinski definition) is 2. The minimum absolute atomic E-state index is 0.539. The molecule has 0 saturated heterocycles. The van der Waals surface area contributed by atoms with E-state index >= 15 is 0 Å². The summed E-state index contributed by atoms with van der Waals surface area (Å²) >= 11 is 0. The molecule has 0 unspecified atom stereocenters. The van der Waals surface area contributed by atoms with Gasteiger partial charge < -0.3 is 9.84 Å². The highest BCUT2D eigenvalue weighted by Crippen LogP contribution is 2.41. The summed E-state index contributed by atoms with van der Waals surface area (Å²) in [4.78, 5) is 12.1. The predicted octanol–water partition coefficient (Wildman–Crippen LogP) is 5.66. The highest BCUT2D eigenvalue weighted by molar-refractivity contribution is 5.98. The van der Waals surface area contributed by atoms with Gasteiger partial charge in [-0.3, -0.25) is 0 Å². The number of fused-ring (bicyclic) bond motifs is 1. The molecule has 0 fully saturated rings. The second-order valence-corrected chi connectivity index (χ2v) is 7.77. The van der Waals surface area contributed by atoms with Gasteiger partial charge in [0.2, 0.25) is 0 Å². The van der Waals surface area contributed by atoms with E-state index in [4.69, 9.17) is 4.74 Å². The van der Waals surface area contributed by atoms with Crippen LogP contribution in [0.1, 0.15) is 62.8 Å². The minimum atomic E-state index is -0.971. The molecule has 3 rings (SSSR count). The maximum Gasteiger partial charge on any atom is 0.337 e. The zero-order valence-corrected chi connectivity index (χ0v) is 15.4. The van der Waals surface area contributed by atoms with Gasteiger partial charge in [-0.15, -0.1) is 0 Å². The monoisotopic (exact) mass is 338 g/mol. The van der Waals surface area contributed by atoms with Crippen LogP contribution in [0.3, 0.4) is 0 Å². The second kappa shape index (κ2) is 6.64. The van der Waals surface area contributed by atoms with Crippen molar-refractivity contribution >= 4 is 22.3 Å². The van der Waals surface area contributed by atoms with Gasteiger partial charge >= 0.3 is 5.97 Å². The van der Waals surface area contributed by atoms with E-state index in [-0.39, 0.29) is 0 Å². The third-order valence-electron chi connectivity index (χ3n) is 4.62. The number of aryl methyl sites for hydroxylation is 1. The van der Waals surface area contributed by atoms with Crippen molar-refractivity contribution in [3.05, 3.63) is 53.1 Å². The number of rotatable bonds is 4. The summed E-state index contributed by atoms with van der Waals surface area (Å²) in [7, 11) is 0. The fourth-order valence-corrected chi connectivity index (χ4v) is 3.67. The van der Waals surface area contributed by atoms with Crippen LogP contribution in [-0.4, -0.2) is 16.7 Å². The summed E-state index contributed by atoms with van der Waals surface area (Å²) in [6, 6.07) is 10.3. The molecule has 2 aromatic carbocycles. The molecule has 0 aliphatic heterocycles. The van der Waals surface area contributed by atoms with Crippen molar-refractivity contribution in [3.63, 3.8) is 0 Å². The average molecular weight is 338 g/mol. The standard InChI is InChI=1S/C22H26O3/c1-14-13-16-11-7-8-12-17(16)19(15-9-5-6-10-15)18(14)20(21(23)24)25-22(2,3)4/h7-9,11-13,20H,5-6,10H2,1-4H3,(H,23,24)/t20-/m0/s1. The van der Waals surface area contributed by atoms with Crippen LogP contribution in [0.2, 0.25) is 0 Å². The van der Waals surface area contributed by atoms with Crippen LogP contribution in [0.25, 0.3) is 16.3 Å². The zero-order valence-electron chi connectivity index (χ0n) is 15.4. The van der Waals surface area contributed by atoms with Gasteiger partial charge in [-0.05, 0) is 74.4 Å². The molecular weight excluding hydrogens is 312 g/mol. The molecule has 1 aliphatic carbocycles. The lowest BCUT2D eigenvalue weighted by Gasteiger charge is -2.28. The molecule has 1 aliphatic rings. The third kappa shape index (κ3) is 3.62. The van der Waals surface area contributed by atoms with Crippen molar-refractivity contribution in [3.8, 4) is 0 Å². The van der Waals surface area contributed by atoms with Crippen molar-refractivity contribution in [1.82, 2.24) is 0 Å². The van der Waals surface area contributed by atoms with Crippen LogP contribution < -0.4 is 0 Å². The summed E-state index contributed by atoms with van der Waals surface area (Å²) in [6.07, 6.45) is 4.44. The molecule has 3 nitrogen and oxygen atoms in total. The van der Waals surface area contributed by atoms with Crippen LogP contribution in [0.4, 0.5) is 0 Å². The van der Waals surface area contributed by atoms with Crippen LogP contribution in [0, 0.1) is 6.92 Å². The first kappa shape index (κ1) is 17.7. The van der Waals surface area contributed by atoms with E-state index in [0.717, 1.165) is 46.7 Å².